The Morgan fingerprint density at radius 2 is 2.21 bits per heavy atom. The highest BCUT2D eigenvalue weighted by atomic mass is 32.2. The molecule has 1 aromatic heterocycles. The van der Waals surface area contributed by atoms with Gasteiger partial charge in [-0.3, -0.25) is 4.98 Å². The van der Waals surface area contributed by atoms with E-state index in [1.54, 1.807) is 12.1 Å². The molecule has 2 N–H and O–H groups in total. The maximum absolute atomic E-state index is 12.5. The lowest BCUT2D eigenvalue weighted by molar-refractivity contribution is -0.0640. The molecule has 1 fully saturated rings. The van der Waals surface area contributed by atoms with E-state index in [4.69, 9.17) is 10.5 Å². The average Bonchev–Trinajstić information content (AvgIpc) is 2.37. The molecular weight excluding hydrogens is 266 g/mol. The number of morpholine rings is 1. The largest absolute Gasteiger partial charge is 0.373 e. The molecule has 1 aromatic rings. The molecule has 7 heteroatoms. The number of hydrogen-bond acceptors (Lipinski definition) is 5. The summed E-state index contributed by atoms with van der Waals surface area (Å²) >= 11 is 0. The quantitative estimate of drug-likeness (QED) is 0.865. The molecule has 0 saturated carbocycles. The van der Waals surface area contributed by atoms with Crippen LogP contribution in [0.25, 0.3) is 0 Å². The van der Waals surface area contributed by atoms with Crippen molar-refractivity contribution >= 4 is 10.0 Å². The van der Waals surface area contributed by atoms with Crippen molar-refractivity contribution in [2.75, 3.05) is 19.7 Å². The van der Waals surface area contributed by atoms with E-state index >= 15 is 0 Å². The van der Waals surface area contributed by atoms with Crippen molar-refractivity contribution in [3.8, 4) is 0 Å². The Hall–Kier alpha value is -1.02. The van der Waals surface area contributed by atoms with E-state index in [0.29, 0.717) is 31.9 Å². The monoisotopic (exact) mass is 285 g/mol. The van der Waals surface area contributed by atoms with Crippen LogP contribution in [0, 0.1) is 0 Å². The van der Waals surface area contributed by atoms with Gasteiger partial charge in [-0.25, -0.2) is 8.42 Å². The zero-order valence-electron chi connectivity index (χ0n) is 11.2. The van der Waals surface area contributed by atoms with E-state index < -0.39 is 15.6 Å². The van der Waals surface area contributed by atoms with Crippen LogP contribution >= 0.6 is 0 Å². The summed E-state index contributed by atoms with van der Waals surface area (Å²) in [6.45, 7) is 5.17. The molecule has 1 saturated heterocycles. The Morgan fingerprint density at radius 3 is 2.74 bits per heavy atom. The Labute approximate surface area is 113 Å². The van der Waals surface area contributed by atoms with E-state index in [-0.39, 0.29) is 4.90 Å². The predicted octanol–water partition coefficient (Wildman–Crippen LogP) is 0.340. The fraction of sp³-hybridized carbons (Fsp3) is 0.583. The van der Waals surface area contributed by atoms with Crippen LogP contribution in [0.5, 0.6) is 0 Å². The molecule has 2 heterocycles. The van der Waals surface area contributed by atoms with Crippen LogP contribution in [0.1, 0.15) is 19.5 Å². The second-order valence-corrected chi connectivity index (χ2v) is 7.07. The molecule has 0 bridgehead atoms. The third-order valence-electron chi connectivity index (χ3n) is 3.04. The molecule has 0 radical (unpaired) electrons. The highest BCUT2D eigenvalue weighted by Crippen LogP contribution is 2.23. The van der Waals surface area contributed by atoms with Crippen molar-refractivity contribution in [3.05, 3.63) is 24.0 Å². The number of ether oxygens (including phenoxy) is 1. The Balaban J connectivity index is 2.26. The summed E-state index contributed by atoms with van der Waals surface area (Å²) < 4.78 is 31.9. The van der Waals surface area contributed by atoms with Crippen LogP contribution < -0.4 is 5.73 Å². The van der Waals surface area contributed by atoms with Crippen LogP contribution in [-0.4, -0.2) is 43.0 Å². The lowest BCUT2D eigenvalue weighted by Crippen LogP contribution is -2.50. The van der Waals surface area contributed by atoms with Gasteiger partial charge in [0.05, 0.1) is 17.9 Å². The summed E-state index contributed by atoms with van der Waals surface area (Å²) in [6, 6.07) is 3.19. The number of aromatic nitrogens is 1. The molecule has 0 amide bonds. The van der Waals surface area contributed by atoms with Crippen molar-refractivity contribution in [3.63, 3.8) is 0 Å². The first kappa shape index (κ1) is 14.4. The minimum Gasteiger partial charge on any atom is -0.373 e. The van der Waals surface area contributed by atoms with Crippen LogP contribution in [0.2, 0.25) is 0 Å². The van der Waals surface area contributed by atoms with E-state index in [1.165, 1.54) is 10.5 Å². The van der Waals surface area contributed by atoms with Gasteiger partial charge in [-0.2, -0.15) is 4.31 Å². The van der Waals surface area contributed by atoms with Crippen LogP contribution in [0.15, 0.2) is 23.2 Å². The molecule has 0 spiro atoms. The first-order valence-corrected chi connectivity index (χ1v) is 7.58. The predicted molar refractivity (Wildman–Crippen MR) is 70.9 cm³/mol. The number of nitrogens with zero attached hydrogens (tertiary/aromatic N) is 2. The van der Waals surface area contributed by atoms with Gasteiger partial charge in [0.2, 0.25) is 10.0 Å². The van der Waals surface area contributed by atoms with Crippen molar-refractivity contribution in [2.45, 2.75) is 30.9 Å². The first-order chi connectivity index (χ1) is 8.85. The van der Waals surface area contributed by atoms with Gasteiger partial charge in [0.25, 0.3) is 0 Å². The number of nitrogens with two attached hydrogens (primary N) is 1. The lowest BCUT2D eigenvalue weighted by atomic mass is 10.1. The van der Waals surface area contributed by atoms with Crippen LogP contribution in [-0.2, 0) is 21.3 Å². The molecule has 106 valence electrons. The molecule has 2 rings (SSSR count). The Kier molecular flexibility index (Phi) is 3.91. The summed E-state index contributed by atoms with van der Waals surface area (Å²) in [5, 5.41) is 0. The molecule has 0 unspecified atom stereocenters. The lowest BCUT2D eigenvalue weighted by Gasteiger charge is -2.37. The average molecular weight is 285 g/mol. The Bertz CT molecular complexity index is 540. The molecule has 0 atom stereocenters. The third kappa shape index (κ3) is 3.11. The number of rotatable bonds is 3. The zero-order chi connectivity index (χ0) is 14.1. The minimum atomic E-state index is -3.51. The van der Waals surface area contributed by atoms with E-state index in [1.807, 2.05) is 13.8 Å². The molecule has 19 heavy (non-hydrogen) atoms. The fourth-order valence-corrected chi connectivity index (χ4v) is 3.53. The standard InChI is InChI=1S/C12H19N3O3S/c1-12(2)9-15(5-6-18-12)19(16,17)11-4-3-10(7-13)14-8-11/h3-4,8H,5-7,9,13H2,1-2H3. The molecular formula is C12H19N3O3S. The van der Waals surface area contributed by atoms with Gasteiger partial charge in [-0.1, -0.05) is 0 Å². The topological polar surface area (TPSA) is 85.5 Å². The Morgan fingerprint density at radius 1 is 1.47 bits per heavy atom. The second kappa shape index (κ2) is 5.16. The fourth-order valence-electron chi connectivity index (χ4n) is 2.01. The molecule has 0 aliphatic carbocycles. The summed E-state index contributed by atoms with van der Waals surface area (Å²) in [5.74, 6) is 0. The van der Waals surface area contributed by atoms with Crippen molar-refractivity contribution < 1.29 is 13.2 Å². The molecule has 1 aliphatic heterocycles. The molecule has 6 nitrogen and oxygen atoms in total. The summed E-state index contributed by atoms with van der Waals surface area (Å²) in [7, 11) is -3.51. The van der Waals surface area contributed by atoms with Gasteiger partial charge >= 0.3 is 0 Å². The van der Waals surface area contributed by atoms with Gasteiger partial charge in [0.1, 0.15) is 4.90 Å². The van der Waals surface area contributed by atoms with Crippen molar-refractivity contribution in [1.82, 2.24) is 9.29 Å². The van der Waals surface area contributed by atoms with Gasteiger partial charge in [0.15, 0.2) is 0 Å². The third-order valence-corrected chi connectivity index (χ3v) is 4.86. The summed E-state index contributed by atoms with van der Waals surface area (Å²) in [4.78, 5) is 4.23. The van der Waals surface area contributed by atoms with E-state index in [9.17, 15) is 8.42 Å². The van der Waals surface area contributed by atoms with E-state index in [2.05, 4.69) is 4.98 Å². The summed E-state index contributed by atoms with van der Waals surface area (Å²) in [5.41, 5.74) is 5.65. The number of sulfonamides is 1. The SMILES string of the molecule is CC1(C)CN(S(=O)(=O)c2ccc(CN)nc2)CCO1. The van der Waals surface area contributed by atoms with Gasteiger partial charge in [0, 0.05) is 25.8 Å². The molecule has 0 aromatic carbocycles. The summed E-state index contributed by atoms with van der Waals surface area (Å²) in [6.07, 6.45) is 1.36. The van der Waals surface area contributed by atoms with Crippen LogP contribution in [0.3, 0.4) is 0 Å². The normalized spacial score (nSPS) is 20.4. The highest BCUT2D eigenvalue weighted by Gasteiger charge is 2.34. The smallest absolute Gasteiger partial charge is 0.244 e. The number of pyridine rings is 1. The number of hydrogen-bond donors (Lipinski definition) is 1. The van der Waals surface area contributed by atoms with Gasteiger partial charge in [-0.15, -0.1) is 0 Å². The van der Waals surface area contributed by atoms with Crippen molar-refractivity contribution in [2.24, 2.45) is 5.73 Å². The zero-order valence-corrected chi connectivity index (χ0v) is 12.0. The molecule has 1 aliphatic rings. The minimum absolute atomic E-state index is 0.197. The van der Waals surface area contributed by atoms with E-state index in [0.717, 1.165) is 0 Å². The van der Waals surface area contributed by atoms with Crippen molar-refractivity contribution in [1.29, 1.82) is 0 Å². The van der Waals surface area contributed by atoms with Gasteiger partial charge < -0.3 is 10.5 Å². The first-order valence-electron chi connectivity index (χ1n) is 6.14. The van der Waals surface area contributed by atoms with Crippen LogP contribution in [0.4, 0.5) is 0 Å². The van der Waals surface area contributed by atoms with Gasteiger partial charge in [-0.05, 0) is 26.0 Å². The second-order valence-electron chi connectivity index (χ2n) is 5.14. The maximum atomic E-state index is 12.5. The highest BCUT2D eigenvalue weighted by molar-refractivity contribution is 7.89. The maximum Gasteiger partial charge on any atom is 0.244 e.